The summed E-state index contributed by atoms with van der Waals surface area (Å²) in [6.45, 7) is -0.365. The van der Waals surface area contributed by atoms with Gasteiger partial charge in [-0.05, 0) is 0 Å². The number of carboxylic acids is 1. The van der Waals surface area contributed by atoms with Crippen molar-refractivity contribution in [1.29, 1.82) is 0 Å². The highest BCUT2D eigenvalue weighted by Crippen LogP contribution is 2.33. The number of hydroxylamine groups is 2. The first-order valence-electron chi connectivity index (χ1n) is 6.77. The first-order chi connectivity index (χ1) is 11.7. The lowest BCUT2D eigenvalue weighted by molar-refractivity contribution is -0.256. The second kappa shape index (κ2) is 7.68. The fourth-order valence-corrected chi connectivity index (χ4v) is 3.48. The Balaban J connectivity index is 2.03. The largest absolute Gasteiger partial charge is 0.477 e. The summed E-state index contributed by atoms with van der Waals surface area (Å²) in [5, 5.41) is 13.0. The number of cyclic esters (lactones) is 1. The quantitative estimate of drug-likeness (QED) is 0.548. The van der Waals surface area contributed by atoms with Crippen LogP contribution in [0.15, 0.2) is 9.90 Å². The van der Waals surface area contributed by atoms with Crippen LogP contribution in [-0.2, 0) is 39.6 Å². The Morgan fingerprint density at radius 1 is 1.44 bits per heavy atom. The number of hydrogen-bond donors (Lipinski definition) is 2. The van der Waals surface area contributed by atoms with Crippen molar-refractivity contribution in [3.8, 4) is 0 Å². The Morgan fingerprint density at radius 3 is 2.64 bits per heavy atom. The average molecular weight is 415 g/mol. The molecule has 0 aromatic heterocycles. The number of hydrogen-bond acceptors (Lipinski definition) is 7. The van der Waals surface area contributed by atoms with Crippen LogP contribution >= 0.6 is 23.2 Å². The minimum Gasteiger partial charge on any atom is -0.477 e. The molecule has 0 aromatic rings. The van der Waals surface area contributed by atoms with Gasteiger partial charge in [0.05, 0.1) is 17.2 Å². The summed E-state index contributed by atoms with van der Waals surface area (Å²) in [6.07, 6.45) is -0.475. The van der Waals surface area contributed by atoms with E-state index in [0.717, 1.165) is 5.41 Å². The third kappa shape index (κ3) is 4.29. The monoisotopic (exact) mass is 414 g/mol. The predicted molar refractivity (Wildman–Crippen MR) is 83.2 cm³/mol. The molecular formula is C12H12Cl2N2O8S. The first kappa shape index (κ1) is 19.6. The molecule has 2 unspecified atom stereocenters. The molecule has 2 aliphatic heterocycles. The lowest BCUT2D eigenvalue weighted by Gasteiger charge is -2.30. The van der Waals surface area contributed by atoms with Gasteiger partial charge in [-0.3, -0.25) is 23.4 Å². The summed E-state index contributed by atoms with van der Waals surface area (Å²) in [6, 6.07) is -1.21. The van der Waals surface area contributed by atoms with Crippen molar-refractivity contribution < 1.29 is 38.1 Å². The van der Waals surface area contributed by atoms with Gasteiger partial charge in [-0.2, -0.15) is 5.06 Å². The Kier molecular flexibility index (Phi) is 6.03. The predicted octanol–water partition coefficient (Wildman–Crippen LogP) is -0.612. The van der Waals surface area contributed by atoms with E-state index in [9.17, 15) is 28.5 Å². The molecule has 13 heteroatoms. The van der Waals surface area contributed by atoms with E-state index in [0.29, 0.717) is 5.06 Å². The van der Waals surface area contributed by atoms with Crippen LogP contribution in [0.3, 0.4) is 0 Å². The van der Waals surface area contributed by atoms with Gasteiger partial charge >= 0.3 is 17.7 Å². The van der Waals surface area contributed by atoms with Crippen molar-refractivity contribution in [2.45, 2.75) is 24.6 Å². The van der Waals surface area contributed by atoms with Gasteiger partial charge in [0, 0.05) is 11.8 Å². The van der Waals surface area contributed by atoms with Crippen molar-refractivity contribution in [1.82, 2.24) is 10.4 Å². The van der Waals surface area contributed by atoms with Crippen LogP contribution in [0.5, 0.6) is 0 Å². The van der Waals surface area contributed by atoms with E-state index in [1.54, 1.807) is 0 Å². The Hall–Kier alpha value is -1.69. The van der Waals surface area contributed by atoms with Gasteiger partial charge in [-0.15, -0.1) is 0 Å². The molecule has 25 heavy (non-hydrogen) atoms. The van der Waals surface area contributed by atoms with Crippen molar-refractivity contribution in [3.63, 3.8) is 0 Å². The zero-order valence-corrected chi connectivity index (χ0v) is 14.7. The van der Waals surface area contributed by atoms with Crippen LogP contribution < -0.4 is 5.32 Å². The molecule has 2 aliphatic rings. The van der Waals surface area contributed by atoms with Gasteiger partial charge in [0.1, 0.15) is 22.9 Å². The van der Waals surface area contributed by atoms with E-state index >= 15 is 0 Å². The van der Waals surface area contributed by atoms with Crippen molar-refractivity contribution in [3.05, 3.63) is 9.90 Å². The average Bonchev–Trinajstić information content (AvgIpc) is 3.03. The molecule has 2 fully saturated rings. The van der Waals surface area contributed by atoms with E-state index in [1.165, 1.54) is 0 Å². The molecule has 0 aliphatic carbocycles. The maximum absolute atomic E-state index is 12.3. The number of esters is 1. The fourth-order valence-electron chi connectivity index (χ4n) is 2.26. The molecule has 2 N–H and O–H groups in total. The van der Waals surface area contributed by atoms with E-state index in [2.05, 4.69) is 5.32 Å². The highest BCUT2D eigenvalue weighted by Gasteiger charge is 2.59. The number of amides is 2. The summed E-state index contributed by atoms with van der Waals surface area (Å²) in [5.74, 6) is -4.53. The number of rotatable bonds is 6. The number of carbonyl (C=O) groups excluding carboxylic acids is 3. The van der Waals surface area contributed by atoms with E-state index in [1.807, 2.05) is 0 Å². The van der Waals surface area contributed by atoms with Crippen molar-refractivity contribution in [2.24, 2.45) is 0 Å². The summed E-state index contributed by atoms with van der Waals surface area (Å²) in [7, 11) is -1.79. The van der Waals surface area contributed by atoms with E-state index < -0.39 is 52.1 Å². The minimum absolute atomic E-state index is 0.193. The van der Waals surface area contributed by atoms with Crippen molar-refractivity contribution in [2.75, 3.05) is 12.4 Å². The fraction of sp³-hybridized carbons (Fsp3) is 0.500. The van der Waals surface area contributed by atoms with Crippen LogP contribution in [0.25, 0.3) is 0 Å². The van der Waals surface area contributed by atoms with Gasteiger partial charge in [0.25, 0.3) is 5.91 Å². The van der Waals surface area contributed by atoms with Gasteiger partial charge < -0.3 is 15.2 Å². The smallest absolute Gasteiger partial charge is 0.372 e. The van der Waals surface area contributed by atoms with Crippen LogP contribution in [0.4, 0.5) is 0 Å². The topological polar surface area (TPSA) is 139 Å². The third-order valence-electron chi connectivity index (χ3n) is 3.31. The van der Waals surface area contributed by atoms with Crippen LogP contribution in [0.1, 0.15) is 12.8 Å². The maximum atomic E-state index is 12.3. The second-order valence-corrected chi connectivity index (χ2v) is 7.34. The zero-order chi connectivity index (χ0) is 18.8. The normalized spacial score (nSPS) is 27.0. The molecular weight excluding hydrogens is 403 g/mol. The molecule has 2 amide bonds. The molecule has 0 saturated carbocycles. The number of nitrogens with one attached hydrogen (secondary N) is 1. The Bertz CT molecular complexity index is 680. The molecule has 0 bridgehead atoms. The minimum atomic E-state index is -2.26. The van der Waals surface area contributed by atoms with Gasteiger partial charge in [0.2, 0.25) is 5.91 Å². The molecule has 138 valence electrons. The SMILES string of the molecule is O=C(CS(=O)C=C(Cl)Cl)N[C@H]1CON(C2(C(=O)O)CCC(=O)O2)C1=O. The molecule has 2 rings (SSSR count). The Labute approximate surface area is 153 Å². The van der Waals surface area contributed by atoms with Crippen molar-refractivity contribution >= 4 is 57.8 Å². The van der Waals surface area contributed by atoms with Gasteiger partial charge in [-0.25, -0.2) is 4.79 Å². The molecule has 3 atom stereocenters. The molecule has 0 radical (unpaired) electrons. The molecule has 2 heterocycles. The lowest BCUT2D eigenvalue weighted by Crippen LogP contribution is -2.56. The standard InChI is InChI=1S/C12H12Cl2N2O8S/c13-7(14)4-25(22)5-8(17)15-6-3-23-16(10(6)19)12(11(20)21)2-1-9(18)24-12/h4,6H,1-3,5H2,(H,15,17)(H,20,21)/t6-,12?,25?/m0/s1. The highest BCUT2D eigenvalue weighted by molar-refractivity contribution is 7.88. The number of carbonyl (C=O) groups is 4. The van der Waals surface area contributed by atoms with Crippen LogP contribution in [0.2, 0.25) is 0 Å². The highest BCUT2D eigenvalue weighted by atomic mass is 35.5. The van der Waals surface area contributed by atoms with Gasteiger partial charge in [0.15, 0.2) is 0 Å². The molecule has 10 nitrogen and oxygen atoms in total. The lowest BCUT2D eigenvalue weighted by atomic mass is 10.1. The molecule has 2 saturated heterocycles. The number of carboxylic acid groups (broad SMARTS) is 1. The summed E-state index contributed by atoms with van der Waals surface area (Å²) in [4.78, 5) is 51.9. The van der Waals surface area contributed by atoms with Gasteiger partial charge in [-0.1, -0.05) is 23.2 Å². The summed E-state index contributed by atoms with van der Waals surface area (Å²) in [5.41, 5.74) is -2.26. The molecule has 0 spiro atoms. The number of aliphatic carboxylic acids is 1. The maximum Gasteiger partial charge on any atom is 0.372 e. The number of ether oxygens (including phenoxy) is 1. The number of halogens is 2. The first-order valence-corrected chi connectivity index (χ1v) is 8.91. The third-order valence-corrected chi connectivity index (χ3v) is 4.83. The summed E-state index contributed by atoms with van der Waals surface area (Å²) < 4.78 is 16.0. The van der Waals surface area contributed by atoms with Crippen LogP contribution in [0, 0.1) is 0 Å². The van der Waals surface area contributed by atoms with Crippen LogP contribution in [-0.4, -0.2) is 62.3 Å². The summed E-state index contributed by atoms with van der Waals surface area (Å²) >= 11 is 10.6. The number of nitrogens with zero attached hydrogens (tertiary/aromatic N) is 1. The van der Waals surface area contributed by atoms with E-state index in [-0.39, 0.29) is 23.9 Å². The second-order valence-electron chi connectivity index (χ2n) is 5.04. The zero-order valence-electron chi connectivity index (χ0n) is 12.4. The Morgan fingerprint density at radius 2 is 2.12 bits per heavy atom. The molecule has 0 aromatic carbocycles. The van der Waals surface area contributed by atoms with E-state index in [4.69, 9.17) is 32.8 Å².